The highest BCUT2D eigenvalue weighted by atomic mass is 79.9. The van der Waals surface area contributed by atoms with Gasteiger partial charge in [-0.2, -0.15) is 5.10 Å². The van der Waals surface area contributed by atoms with Crippen molar-refractivity contribution in [2.45, 2.75) is 0 Å². The molecule has 0 bridgehead atoms. The van der Waals surface area contributed by atoms with Gasteiger partial charge in [0.15, 0.2) is 0 Å². The largest absolute Gasteiger partial charge is 0.269 e. The van der Waals surface area contributed by atoms with Crippen molar-refractivity contribution in [3.8, 4) is 11.4 Å². The highest BCUT2D eigenvalue weighted by Crippen LogP contribution is 2.30. The first-order valence-electron chi connectivity index (χ1n) is 4.95. The Labute approximate surface area is 109 Å². The lowest BCUT2D eigenvalue weighted by molar-refractivity contribution is 0.771. The molecule has 4 nitrogen and oxygen atoms in total. The molecule has 6 heteroatoms. The van der Waals surface area contributed by atoms with E-state index in [4.69, 9.17) is 0 Å². The third kappa shape index (κ3) is 1.56. The second-order valence-corrected chi connectivity index (χ2v) is 5.37. The molecule has 3 aromatic rings. The summed E-state index contributed by atoms with van der Waals surface area (Å²) >= 11 is 5.00. The fourth-order valence-electron chi connectivity index (χ4n) is 1.83. The number of halogens is 1. The highest BCUT2D eigenvalue weighted by molar-refractivity contribution is 9.10. The smallest absolute Gasteiger partial charge is 0.256 e. The van der Waals surface area contributed by atoms with Crippen molar-refractivity contribution in [1.29, 1.82) is 0 Å². The molecule has 0 radical (unpaired) electrons. The van der Waals surface area contributed by atoms with Gasteiger partial charge in [-0.15, -0.1) is 11.3 Å². The van der Waals surface area contributed by atoms with E-state index in [1.807, 2.05) is 18.5 Å². The van der Waals surface area contributed by atoms with Crippen molar-refractivity contribution >= 4 is 32.1 Å². The Morgan fingerprint density at radius 2 is 2.24 bits per heavy atom. The molecular formula is C11H8BrN3OS. The molecule has 0 fully saturated rings. The van der Waals surface area contributed by atoms with E-state index in [1.165, 1.54) is 0 Å². The maximum Gasteiger partial charge on any atom is 0.256 e. The van der Waals surface area contributed by atoms with Crippen molar-refractivity contribution in [1.82, 2.24) is 14.2 Å². The second-order valence-electron chi connectivity index (χ2n) is 3.62. The zero-order valence-electron chi connectivity index (χ0n) is 8.92. The van der Waals surface area contributed by atoms with Gasteiger partial charge in [0.2, 0.25) is 0 Å². The minimum atomic E-state index is -0.0214. The minimum Gasteiger partial charge on any atom is -0.269 e. The lowest BCUT2D eigenvalue weighted by atomic mass is 10.3. The van der Waals surface area contributed by atoms with E-state index in [1.54, 1.807) is 38.7 Å². The number of aryl methyl sites for hydroxylation is 1. The molecule has 0 aromatic carbocycles. The fraction of sp³-hybridized carbons (Fsp3) is 0.0909. The molecule has 0 saturated carbocycles. The Morgan fingerprint density at radius 3 is 2.94 bits per heavy atom. The maximum absolute atomic E-state index is 11.9. The molecule has 17 heavy (non-hydrogen) atoms. The van der Waals surface area contributed by atoms with Crippen LogP contribution in [0.3, 0.4) is 0 Å². The van der Waals surface area contributed by atoms with Crippen LogP contribution in [0, 0.1) is 0 Å². The summed E-state index contributed by atoms with van der Waals surface area (Å²) in [6.07, 6.45) is 1.73. The summed E-state index contributed by atoms with van der Waals surface area (Å²) in [5, 5.41) is 6.14. The maximum atomic E-state index is 11.9. The van der Waals surface area contributed by atoms with Gasteiger partial charge >= 0.3 is 0 Å². The van der Waals surface area contributed by atoms with E-state index in [0.717, 1.165) is 20.7 Å². The van der Waals surface area contributed by atoms with Gasteiger partial charge in [-0.25, -0.2) is 0 Å². The Balaban J connectivity index is 2.43. The van der Waals surface area contributed by atoms with Gasteiger partial charge in [0, 0.05) is 18.5 Å². The third-order valence-corrected chi connectivity index (χ3v) is 4.07. The van der Waals surface area contributed by atoms with E-state index in [2.05, 4.69) is 21.0 Å². The molecule has 0 saturated heterocycles. The average Bonchev–Trinajstić information content (AvgIpc) is 2.84. The lowest BCUT2D eigenvalue weighted by Crippen LogP contribution is -2.11. The van der Waals surface area contributed by atoms with E-state index < -0.39 is 0 Å². The Morgan fingerprint density at radius 1 is 1.41 bits per heavy atom. The fourth-order valence-corrected chi connectivity index (χ4v) is 3.28. The van der Waals surface area contributed by atoms with E-state index in [-0.39, 0.29) is 5.56 Å². The minimum absolute atomic E-state index is 0.0214. The van der Waals surface area contributed by atoms with Gasteiger partial charge in [-0.1, -0.05) is 6.07 Å². The van der Waals surface area contributed by atoms with Gasteiger partial charge in [-0.05, 0) is 22.0 Å². The molecule has 86 valence electrons. The molecule has 0 N–H and O–H groups in total. The first kappa shape index (κ1) is 10.7. The quantitative estimate of drug-likeness (QED) is 0.693. The van der Waals surface area contributed by atoms with Crippen LogP contribution in [0.2, 0.25) is 0 Å². The van der Waals surface area contributed by atoms with Crippen LogP contribution < -0.4 is 5.56 Å². The first-order valence-corrected chi connectivity index (χ1v) is 6.63. The van der Waals surface area contributed by atoms with Crippen LogP contribution >= 0.6 is 27.3 Å². The Hall–Kier alpha value is -1.40. The molecule has 0 spiro atoms. The second kappa shape index (κ2) is 3.82. The average molecular weight is 310 g/mol. The van der Waals surface area contributed by atoms with Gasteiger partial charge < -0.3 is 0 Å². The molecule has 0 aliphatic carbocycles. The van der Waals surface area contributed by atoms with Crippen molar-refractivity contribution in [2.24, 2.45) is 7.05 Å². The van der Waals surface area contributed by atoms with Crippen molar-refractivity contribution in [3.05, 3.63) is 44.6 Å². The van der Waals surface area contributed by atoms with Crippen LogP contribution in [0.4, 0.5) is 0 Å². The van der Waals surface area contributed by atoms with Crippen molar-refractivity contribution in [2.75, 3.05) is 0 Å². The molecule has 3 rings (SSSR count). The number of hydrogen-bond acceptors (Lipinski definition) is 3. The first-order chi connectivity index (χ1) is 8.18. The topological polar surface area (TPSA) is 39.3 Å². The van der Waals surface area contributed by atoms with Gasteiger partial charge in [0.1, 0.15) is 4.83 Å². The van der Waals surface area contributed by atoms with E-state index in [9.17, 15) is 4.79 Å². The monoisotopic (exact) mass is 309 g/mol. The number of pyridine rings is 1. The molecule has 0 aliphatic heterocycles. The van der Waals surface area contributed by atoms with E-state index >= 15 is 0 Å². The summed E-state index contributed by atoms with van der Waals surface area (Å²) in [4.78, 5) is 12.8. The van der Waals surface area contributed by atoms with Crippen molar-refractivity contribution < 1.29 is 0 Å². The van der Waals surface area contributed by atoms with Gasteiger partial charge in [0.05, 0.1) is 22.1 Å². The number of nitrogens with zero attached hydrogens (tertiary/aromatic N) is 3. The zero-order chi connectivity index (χ0) is 12.0. The number of fused-ring (bicyclic) bond motifs is 1. The predicted octanol–water partition coefficient (Wildman–Crippen LogP) is 2.52. The summed E-state index contributed by atoms with van der Waals surface area (Å²) in [6, 6.07) is 5.27. The number of rotatable bonds is 1. The Kier molecular flexibility index (Phi) is 2.41. The van der Waals surface area contributed by atoms with Crippen molar-refractivity contribution in [3.63, 3.8) is 0 Å². The summed E-state index contributed by atoms with van der Waals surface area (Å²) in [5.74, 6) is 0. The zero-order valence-corrected chi connectivity index (χ0v) is 11.3. The van der Waals surface area contributed by atoms with Crippen LogP contribution in [0.1, 0.15) is 0 Å². The summed E-state index contributed by atoms with van der Waals surface area (Å²) in [7, 11) is 1.86. The van der Waals surface area contributed by atoms with Gasteiger partial charge in [0.25, 0.3) is 5.56 Å². The number of thiazole rings is 1. The van der Waals surface area contributed by atoms with Gasteiger partial charge in [-0.3, -0.25) is 13.9 Å². The molecule has 3 heterocycles. The summed E-state index contributed by atoms with van der Waals surface area (Å²) in [6.45, 7) is 0. The molecule has 0 amide bonds. The predicted molar refractivity (Wildman–Crippen MR) is 71.4 cm³/mol. The van der Waals surface area contributed by atoms with Crippen LogP contribution in [0.15, 0.2) is 39.0 Å². The number of hydrogen-bond donors (Lipinski definition) is 0. The van der Waals surface area contributed by atoms with Crippen LogP contribution in [0.5, 0.6) is 0 Å². The number of aromatic nitrogens is 3. The van der Waals surface area contributed by atoms with Crippen LogP contribution in [0.25, 0.3) is 16.2 Å². The molecular weight excluding hydrogens is 302 g/mol. The SMILES string of the molecule is Cn1ncc(Br)c1-c1csc2cccc(=O)n12. The lowest BCUT2D eigenvalue weighted by Gasteiger charge is -2.02. The molecule has 0 aliphatic rings. The van der Waals surface area contributed by atoms with E-state index in [0.29, 0.717) is 0 Å². The molecule has 0 unspecified atom stereocenters. The molecule has 3 aromatic heterocycles. The normalized spacial score (nSPS) is 11.2. The van der Waals surface area contributed by atoms with Crippen LogP contribution in [-0.4, -0.2) is 14.2 Å². The van der Waals surface area contributed by atoms with Crippen LogP contribution in [-0.2, 0) is 7.05 Å². The highest BCUT2D eigenvalue weighted by Gasteiger charge is 2.14. The summed E-state index contributed by atoms with van der Waals surface area (Å²) < 4.78 is 4.34. The molecule has 0 atom stereocenters. The standard InChI is InChI=1S/C11H8BrN3OS/c1-14-11(7(12)5-13-14)8-6-17-10-4-2-3-9(16)15(8)10/h2-6H,1H3. The third-order valence-electron chi connectivity index (χ3n) is 2.59. The summed E-state index contributed by atoms with van der Waals surface area (Å²) in [5.41, 5.74) is 1.75. The Bertz CT molecular complexity index is 736.